The number of benzene rings is 1. The molecule has 1 saturated carbocycles. The lowest BCUT2D eigenvalue weighted by atomic mass is 10.0. The van der Waals surface area contributed by atoms with Gasteiger partial charge in [0.05, 0.1) is 11.9 Å². The van der Waals surface area contributed by atoms with Crippen molar-refractivity contribution in [2.45, 2.75) is 38.8 Å². The highest BCUT2D eigenvalue weighted by molar-refractivity contribution is 5.93. The van der Waals surface area contributed by atoms with E-state index in [1.807, 2.05) is 0 Å². The summed E-state index contributed by atoms with van der Waals surface area (Å²) in [7, 11) is 0. The van der Waals surface area contributed by atoms with Crippen LogP contribution >= 0.6 is 0 Å². The van der Waals surface area contributed by atoms with Gasteiger partial charge in [0.1, 0.15) is 17.5 Å². The summed E-state index contributed by atoms with van der Waals surface area (Å²) in [4.78, 5) is 32.1. The monoisotopic (exact) mass is 398 g/mol. The first-order valence-electron chi connectivity index (χ1n) is 9.40. The number of pyridine rings is 2. The molecule has 1 aromatic carbocycles. The molecule has 1 amide bonds. The Balaban J connectivity index is 1.56. The lowest BCUT2D eigenvalue weighted by Gasteiger charge is -2.13. The van der Waals surface area contributed by atoms with Gasteiger partial charge in [-0.2, -0.15) is 0 Å². The number of anilines is 1. The first-order chi connectivity index (χ1) is 13.9. The first-order valence-corrected chi connectivity index (χ1v) is 9.40. The van der Waals surface area contributed by atoms with Crippen LogP contribution in [0.5, 0.6) is 0 Å². The Bertz CT molecular complexity index is 1160. The highest BCUT2D eigenvalue weighted by atomic mass is 19.1. The maximum absolute atomic E-state index is 13.7. The molecule has 2 aromatic heterocycles. The zero-order valence-corrected chi connectivity index (χ0v) is 15.8. The van der Waals surface area contributed by atoms with Gasteiger partial charge in [0.15, 0.2) is 0 Å². The summed E-state index contributed by atoms with van der Waals surface area (Å²) in [5, 5.41) is 6.72. The van der Waals surface area contributed by atoms with Crippen LogP contribution in [-0.2, 0) is 17.8 Å². The molecule has 1 aliphatic rings. The summed E-state index contributed by atoms with van der Waals surface area (Å²) in [6.45, 7) is 1.70. The van der Waals surface area contributed by atoms with Crippen molar-refractivity contribution in [2.24, 2.45) is 0 Å². The standard InChI is InChI=1S/C21H20F2N4O2/c1-11-15(9-18(28)25-10-12-2-3-13(22)8-16(12)23)21(29)27-17-6-7-24-20(19(11)17)26-14-4-5-14/h2-3,6-8,14H,4-5,9-10H2,1H3,(H,24,26)(H,25,28)(H,27,29). The maximum Gasteiger partial charge on any atom is 0.252 e. The molecule has 0 aliphatic heterocycles. The number of carbonyl (C=O) groups is 1. The van der Waals surface area contributed by atoms with Crippen LogP contribution in [0.1, 0.15) is 29.5 Å². The SMILES string of the molecule is Cc1c(CC(=O)NCc2ccc(F)cc2F)c(=O)[nH]c2ccnc(NC3CC3)c12. The zero-order chi connectivity index (χ0) is 20.5. The minimum atomic E-state index is -0.730. The van der Waals surface area contributed by atoms with Gasteiger partial charge in [0.2, 0.25) is 5.91 Å². The van der Waals surface area contributed by atoms with Crippen LogP contribution in [0, 0.1) is 18.6 Å². The second-order valence-corrected chi connectivity index (χ2v) is 7.25. The summed E-state index contributed by atoms with van der Waals surface area (Å²) >= 11 is 0. The molecule has 0 radical (unpaired) electrons. The van der Waals surface area contributed by atoms with Crippen molar-refractivity contribution in [3.8, 4) is 0 Å². The Morgan fingerprint density at radius 2 is 2.07 bits per heavy atom. The second-order valence-electron chi connectivity index (χ2n) is 7.25. The second kappa shape index (κ2) is 7.62. The molecule has 0 unspecified atom stereocenters. The van der Waals surface area contributed by atoms with Crippen molar-refractivity contribution >= 4 is 22.6 Å². The van der Waals surface area contributed by atoms with Crippen molar-refractivity contribution in [1.29, 1.82) is 0 Å². The van der Waals surface area contributed by atoms with E-state index >= 15 is 0 Å². The molecule has 150 valence electrons. The van der Waals surface area contributed by atoms with E-state index in [0.717, 1.165) is 30.4 Å². The van der Waals surface area contributed by atoms with Gasteiger partial charge in [-0.15, -0.1) is 0 Å². The number of aromatic nitrogens is 2. The van der Waals surface area contributed by atoms with Crippen molar-refractivity contribution in [1.82, 2.24) is 15.3 Å². The number of aryl methyl sites for hydroxylation is 1. The van der Waals surface area contributed by atoms with Crippen LogP contribution in [0.25, 0.3) is 10.9 Å². The Morgan fingerprint density at radius 1 is 1.28 bits per heavy atom. The Hall–Kier alpha value is -3.29. The van der Waals surface area contributed by atoms with Gasteiger partial charge in [0.25, 0.3) is 5.56 Å². The third kappa shape index (κ3) is 4.11. The number of aromatic amines is 1. The average Bonchev–Trinajstić information content (AvgIpc) is 3.48. The minimum absolute atomic E-state index is 0.0917. The lowest BCUT2D eigenvalue weighted by Crippen LogP contribution is -2.28. The van der Waals surface area contributed by atoms with E-state index in [0.29, 0.717) is 28.5 Å². The molecule has 0 saturated heterocycles. The lowest BCUT2D eigenvalue weighted by molar-refractivity contribution is -0.120. The van der Waals surface area contributed by atoms with Crippen molar-refractivity contribution in [2.75, 3.05) is 5.32 Å². The zero-order valence-electron chi connectivity index (χ0n) is 15.8. The minimum Gasteiger partial charge on any atom is -0.367 e. The van der Waals surface area contributed by atoms with Gasteiger partial charge in [-0.05, 0) is 37.5 Å². The third-order valence-electron chi connectivity index (χ3n) is 5.05. The maximum atomic E-state index is 13.7. The molecule has 6 nitrogen and oxygen atoms in total. The molecule has 1 fully saturated rings. The number of nitrogens with zero attached hydrogens (tertiary/aromatic N) is 1. The molecule has 3 N–H and O–H groups in total. The highest BCUT2D eigenvalue weighted by Crippen LogP contribution is 2.29. The van der Waals surface area contributed by atoms with E-state index in [2.05, 4.69) is 20.6 Å². The van der Waals surface area contributed by atoms with Crippen molar-refractivity contribution < 1.29 is 13.6 Å². The smallest absolute Gasteiger partial charge is 0.252 e. The molecule has 2 heterocycles. The summed E-state index contributed by atoms with van der Waals surface area (Å²) in [6, 6.07) is 5.28. The Labute approximate surface area is 165 Å². The predicted octanol–water partition coefficient (Wildman–Crippen LogP) is 2.94. The average molecular weight is 398 g/mol. The Kier molecular flexibility index (Phi) is 5.00. The normalized spacial score (nSPS) is 13.5. The number of carbonyl (C=O) groups excluding carboxylic acids is 1. The quantitative estimate of drug-likeness (QED) is 0.596. The van der Waals surface area contributed by atoms with Crippen LogP contribution in [-0.4, -0.2) is 21.9 Å². The fraction of sp³-hybridized carbons (Fsp3) is 0.286. The molecule has 8 heteroatoms. The number of H-pyrrole nitrogens is 1. The van der Waals surface area contributed by atoms with E-state index in [9.17, 15) is 18.4 Å². The van der Waals surface area contributed by atoms with Gasteiger partial charge >= 0.3 is 0 Å². The molecule has 0 atom stereocenters. The largest absolute Gasteiger partial charge is 0.367 e. The third-order valence-corrected chi connectivity index (χ3v) is 5.05. The molecule has 3 aromatic rings. The van der Waals surface area contributed by atoms with Crippen LogP contribution in [0.2, 0.25) is 0 Å². The fourth-order valence-corrected chi connectivity index (χ4v) is 3.29. The molecule has 29 heavy (non-hydrogen) atoms. The van der Waals surface area contributed by atoms with Gasteiger partial charge in [0, 0.05) is 41.4 Å². The molecular formula is C21H20F2N4O2. The van der Waals surface area contributed by atoms with Crippen LogP contribution in [0.15, 0.2) is 35.3 Å². The Morgan fingerprint density at radius 3 is 2.79 bits per heavy atom. The molecule has 4 rings (SSSR count). The summed E-state index contributed by atoms with van der Waals surface area (Å²) < 4.78 is 26.7. The summed E-state index contributed by atoms with van der Waals surface area (Å²) in [5.74, 6) is -1.15. The van der Waals surface area contributed by atoms with Gasteiger partial charge in [-0.1, -0.05) is 6.07 Å². The van der Waals surface area contributed by atoms with E-state index in [4.69, 9.17) is 0 Å². The van der Waals surface area contributed by atoms with Crippen LogP contribution < -0.4 is 16.2 Å². The topological polar surface area (TPSA) is 86.9 Å². The fourth-order valence-electron chi connectivity index (χ4n) is 3.29. The van der Waals surface area contributed by atoms with Gasteiger partial charge in [-0.3, -0.25) is 9.59 Å². The first kappa shape index (κ1) is 19.0. The summed E-state index contributed by atoms with van der Waals surface area (Å²) in [5.41, 5.74) is 1.50. The number of amides is 1. The van der Waals surface area contributed by atoms with Gasteiger partial charge in [-0.25, -0.2) is 13.8 Å². The number of nitrogens with one attached hydrogen (secondary N) is 3. The van der Waals surface area contributed by atoms with E-state index < -0.39 is 17.5 Å². The molecule has 0 spiro atoms. The summed E-state index contributed by atoms with van der Waals surface area (Å²) in [6.07, 6.45) is 3.63. The van der Waals surface area contributed by atoms with Crippen molar-refractivity contribution in [3.05, 3.63) is 69.1 Å². The number of halogens is 2. The molecule has 0 bridgehead atoms. The molecular weight excluding hydrogens is 378 g/mol. The number of rotatable bonds is 6. The molecule has 1 aliphatic carbocycles. The number of hydrogen-bond donors (Lipinski definition) is 3. The predicted molar refractivity (Wildman–Crippen MR) is 106 cm³/mol. The van der Waals surface area contributed by atoms with E-state index in [-0.39, 0.29) is 24.1 Å². The van der Waals surface area contributed by atoms with Gasteiger partial charge < -0.3 is 15.6 Å². The highest BCUT2D eigenvalue weighted by Gasteiger charge is 2.23. The number of fused-ring (bicyclic) bond motifs is 1. The number of hydrogen-bond acceptors (Lipinski definition) is 4. The van der Waals surface area contributed by atoms with Crippen LogP contribution in [0.4, 0.5) is 14.6 Å². The van der Waals surface area contributed by atoms with Crippen molar-refractivity contribution in [3.63, 3.8) is 0 Å². The van der Waals surface area contributed by atoms with Crippen LogP contribution in [0.3, 0.4) is 0 Å². The van der Waals surface area contributed by atoms with E-state index in [1.165, 1.54) is 6.07 Å². The van der Waals surface area contributed by atoms with E-state index in [1.54, 1.807) is 19.2 Å².